The summed E-state index contributed by atoms with van der Waals surface area (Å²) in [6, 6.07) is 10.8. The molecule has 194 valence electrons. The number of carbonyl (C=O) groups excluding carboxylic acids is 4. The Morgan fingerprint density at radius 3 is 2.51 bits per heavy atom. The molecular formula is C26H26FN3O7. The van der Waals surface area contributed by atoms with Crippen molar-refractivity contribution < 1.29 is 38.2 Å². The van der Waals surface area contributed by atoms with Crippen LogP contribution >= 0.6 is 0 Å². The van der Waals surface area contributed by atoms with Gasteiger partial charge in [-0.3, -0.25) is 24.1 Å². The molecule has 3 amide bonds. The van der Waals surface area contributed by atoms with Crippen molar-refractivity contribution in [1.29, 1.82) is 0 Å². The highest BCUT2D eigenvalue weighted by atomic mass is 19.1. The number of ether oxygens (including phenoxy) is 1. The summed E-state index contributed by atoms with van der Waals surface area (Å²) in [7, 11) is 0. The molecule has 2 unspecified atom stereocenters. The highest BCUT2D eigenvalue weighted by Crippen LogP contribution is 2.39. The molecule has 0 aromatic heterocycles. The number of hydrogen-bond acceptors (Lipinski definition) is 6. The molecule has 2 heterocycles. The van der Waals surface area contributed by atoms with Crippen molar-refractivity contribution in [2.24, 2.45) is 0 Å². The van der Waals surface area contributed by atoms with Gasteiger partial charge in [0.25, 0.3) is 0 Å². The van der Waals surface area contributed by atoms with E-state index in [1.165, 1.54) is 4.90 Å². The van der Waals surface area contributed by atoms with E-state index >= 15 is 0 Å². The number of aliphatic carboxylic acids is 1. The summed E-state index contributed by atoms with van der Waals surface area (Å²) in [6.45, 7) is -1.42. The fourth-order valence-corrected chi connectivity index (χ4v) is 4.66. The van der Waals surface area contributed by atoms with Gasteiger partial charge in [0.15, 0.2) is 5.78 Å². The second kappa shape index (κ2) is 11.2. The number of para-hydroxylation sites is 1. The van der Waals surface area contributed by atoms with E-state index in [9.17, 15) is 28.4 Å². The Morgan fingerprint density at radius 1 is 1.08 bits per heavy atom. The van der Waals surface area contributed by atoms with Crippen LogP contribution in [0, 0.1) is 0 Å². The van der Waals surface area contributed by atoms with Crippen molar-refractivity contribution in [3.63, 3.8) is 0 Å². The zero-order valence-corrected chi connectivity index (χ0v) is 19.8. The van der Waals surface area contributed by atoms with E-state index in [4.69, 9.17) is 9.84 Å². The fraction of sp³-hybridized carbons (Fsp3) is 0.346. The highest BCUT2D eigenvalue weighted by Gasteiger charge is 2.44. The minimum Gasteiger partial charge on any atom is -0.481 e. The number of carboxylic acids is 1. The third-order valence-electron chi connectivity index (χ3n) is 6.43. The number of halogens is 1. The van der Waals surface area contributed by atoms with Crippen molar-refractivity contribution >= 4 is 35.3 Å². The number of amides is 3. The van der Waals surface area contributed by atoms with Gasteiger partial charge >= 0.3 is 12.1 Å². The van der Waals surface area contributed by atoms with Gasteiger partial charge in [-0.05, 0) is 29.5 Å². The minimum absolute atomic E-state index is 0.0142. The van der Waals surface area contributed by atoms with Crippen molar-refractivity contribution in [2.75, 3.05) is 11.6 Å². The van der Waals surface area contributed by atoms with Crippen molar-refractivity contribution in [3.8, 4) is 0 Å². The summed E-state index contributed by atoms with van der Waals surface area (Å²) in [5, 5.41) is 14.0. The molecule has 0 fully saturated rings. The van der Waals surface area contributed by atoms with Crippen LogP contribution in [0.2, 0.25) is 0 Å². The second-order valence-corrected chi connectivity index (χ2v) is 8.91. The topological polar surface area (TPSA) is 142 Å². The van der Waals surface area contributed by atoms with E-state index in [1.54, 1.807) is 36.4 Å². The van der Waals surface area contributed by atoms with Crippen LogP contribution in [0.4, 0.5) is 14.9 Å². The van der Waals surface area contributed by atoms with Gasteiger partial charge in [-0.25, -0.2) is 9.18 Å². The molecule has 10 nitrogen and oxygen atoms in total. The quantitative estimate of drug-likeness (QED) is 0.465. The summed E-state index contributed by atoms with van der Waals surface area (Å²) >= 11 is 0. The molecule has 2 aliphatic rings. The molecule has 0 bridgehead atoms. The van der Waals surface area contributed by atoms with E-state index in [2.05, 4.69) is 10.6 Å². The summed E-state index contributed by atoms with van der Waals surface area (Å²) in [6.07, 6.45) is -0.738. The third kappa shape index (κ3) is 5.76. The van der Waals surface area contributed by atoms with Crippen LogP contribution in [0.15, 0.2) is 48.5 Å². The van der Waals surface area contributed by atoms with Gasteiger partial charge in [0.1, 0.15) is 31.4 Å². The lowest BCUT2D eigenvalue weighted by Gasteiger charge is -2.28. The number of nitrogens with one attached hydrogen (secondary N) is 2. The molecule has 2 aromatic rings. The Kier molecular flexibility index (Phi) is 7.80. The normalized spacial score (nSPS) is 18.8. The van der Waals surface area contributed by atoms with Crippen LogP contribution in [0.25, 0.3) is 0 Å². The maximum absolute atomic E-state index is 13.6. The van der Waals surface area contributed by atoms with Gasteiger partial charge < -0.3 is 20.5 Å². The molecule has 0 saturated heterocycles. The number of Topliss-reactive ketones (excluding diaryl/α,β-unsaturated/α-hetero) is 1. The van der Waals surface area contributed by atoms with Crippen LogP contribution in [0.3, 0.4) is 0 Å². The number of ketones is 1. The first kappa shape index (κ1) is 25.8. The number of aryl methyl sites for hydroxylation is 1. The highest BCUT2D eigenvalue weighted by molar-refractivity contribution is 6.08. The molecule has 2 aromatic carbocycles. The molecule has 2 aliphatic heterocycles. The Balaban J connectivity index is 1.52. The van der Waals surface area contributed by atoms with Gasteiger partial charge in [-0.2, -0.15) is 0 Å². The molecule has 3 atom stereocenters. The molecular weight excluding hydrogens is 485 g/mol. The zero-order valence-electron chi connectivity index (χ0n) is 19.8. The van der Waals surface area contributed by atoms with Crippen molar-refractivity contribution in [1.82, 2.24) is 10.6 Å². The molecule has 0 saturated carbocycles. The second-order valence-electron chi connectivity index (χ2n) is 8.91. The molecule has 3 N–H and O–H groups in total. The fourth-order valence-electron chi connectivity index (χ4n) is 4.66. The average Bonchev–Trinajstić information content (AvgIpc) is 3.23. The average molecular weight is 512 g/mol. The number of rotatable bonds is 9. The minimum atomic E-state index is -1.57. The molecule has 0 spiro atoms. The SMILES string of the molecule is O=C(O)CC(NC(=O)[C@@H]1Cc2cccc3c2N1C(=O)C(NC(=O)OCc1ccccc1)CC3)C(=O)CF. The van der Waals surface area contributed by atoms with Gasteiger partial charge in [0.05, 0.1) is 12.1 Å². The molecule has 0 radical (unpaired) electrons. The Morgan fingerprint density at radius 2 is 1.81 bits per heavy atom. The maximum atomic E-state index is 13.6. The molecule has 0 aliphatic carbocycles. The van der Waals surface area contributed by atoms with Crippen LogP contribution in [0.1, 0.15) is 29.5 Å². The Hall–Kier alpha value is -4.28. The lowest BCUT2D eigenvalue weighted by molar-refractivity contribution is -0.140. The lowest BCUT2D eigenvalue weighted by atomic mass is 10.0. The number of benzene rings is 2. The Bertz CT molecular complexity index is 1220. The van der Waals surface area contributed by atoms with E-state index in [0.717, 1.165) is 16.7 Å². The summed E-state index contributed by atoms with van der Waals surface area (Å²) < 4.78 is 18.2. The number of anilines is 1. The van der Waals surface area contributed by atoms with Crippen LogP contribution < -0.4 is 15.5 Å². The Labute approximate surface area is 211 Å². The summed E-state index contributed by atoms with van der Waals surface area (Å²) in [5.74, 6) is -3.77. The maximum Gasteiger partial charge on any atom is 0.408 e. The van der Waals surface area contributed by atoms with Crippen molar-refractivity contribution in [3.05, 3.63) is 65.2 Å². The standard InChI is InChI=1S/C26H26FN3O7/c27-13-21(31)19(12-22(32)33)28-24(34)20-11-17-8-4-7-16-9-10-18(25(35)30(20)23(16)17)29-26(36)37-14-15-5-2-1-3-6-15/h1-8,18-20H,9-14H2,(H,28,34)(H,29,36)(H,32,33)/t18?,19?,20-/m0/s1. The van der Waals surface area contributed by atoms with Crippen LogP contribution in [-0.2, 0) is 43.4 Å². The molecule has 37 heavy (non-hydrogen) atoms. The summed E-state index contributed by atoms with van der Waals surface area (Å²) in [4.78, 5) is 63.6. The van der Waals surface area contributed by atoms with Gasteiger partial charge in [-0.1, -0.05) is 48.5 Å². The lowest BCUT2D eigenvalue weighted by Crippen LogP contribution is -2.56. The van der Waals surface area contributed by atoms with Crippen LogP contribution in [-0.4, -0.2) is 59.6 Å². The number of nitrogens with zero attached hydrogens (tertiary/aromatic N) is 1. The predicted octanol–water partition coefficient (Wildman–Crippen LogP) is 1.68. The third-order valence-corrected chi connectivity index (χ3v) is 6.43. The number of hydrogen-bond donors (Lipinski definition) is 3. The molecule has 4 rings (SSSR count). The van der Waals surface area contributed by atoms with Crippen molar-refractivity contribution in [2.45, 2.75) is 50.4 Å². The first-order chi connectivity index (χ1) is 17.8. The van der Waals surface area contributed by atoms with Gasteiger partial charge in [0.2, 0.25) is 11.8 Å². The zero-order chi connectivity index (χ0) is 26.5. The first-order valence-electron chi connectivity index (χ1n) is 11.8. The number of carboxylic acid groups (broad SMARTS) is 1. The van der Waals surface area contributed by atoms with E-state index in [-0.39, 0.29) is 19.4 Å². The van der Waals surface area contributed by atoms with Gasteiger partial charge in [-0.15, -0.1) is 0 Å². The van der Waals surface area contributed by atoms with E-state index in [0.29, 0.717) is 12.1 Å². The van der Waals surface area contributed by atoms with Gasteiger partial charge in [0, 0.05) is 6.42 Å². The first-order valence-corrected chi connectivity index (χ1v) is 11.8. The summed E-state index contributed by atoms with van der Waals surface area (Å²) in [5.41, 5.74) is 2.87. The number of alkyl halides is 1. The monoisotopic (exact) mass is 511 g/mol. The number of alkyl carbamates (subject to hydrolysis) is 1. The van der Waals surface area contributed by atoms with E-state index < -0.39 is 60.9 Å². The smallest absolute Gasteiger partial charge is 0.408 e. The number of carbonyl (C=O) groups is 5. The molecule has 11 heteroatoms. The predicted molar refractivity (Wildman–Crippen MR) is 128 cm³/mol. The van der Waals surface area contributed by atoms with Crippen LogP contribution in [0.5, 0.6) is 0 Å². The van der Waals surface area contributed by atoms with E-state index in [1.807, 2.05) is 12.1 Å². The largest absolute Gasteiger partial charge is 0.481 e.